The number of likely N-dealkylation sites (N-methyl/N-ethyl adjacent to an activating group) is 1. The Kier molecular flexibility index (Phi) is 5.19. The topological polar surface area (TPSA) is 58.6 Å². The number of hydrogen-bond acceptors (Lipinski definition) is 5. The quantitative estimate of drug-likeness (QED) is 0.812. The highest BCUT2D eigenvalue weighted by molar-refractivity contribution is 7.91. The third-order valence-electron chi connectivity index (χ3n) is 3.39. The predicted octanol–water partition coefficient (Wildman–Crippen LogP) is 1.75. The molecule has 1 N–H and O–H groups in total. The Morgan fingerprint density at radius 3 is 2.95 bits per heavy atom. The first kappa shape index (κ1) is 15.9. The van der Waals surface area contributed by atoms with Gasteiger partial charge in [0.25, 0.3) is 10.0 Å². The second-order valence-corrected chi connectivity index (χ2v) is 8.31. The van der Waals surface area contributed by atoms with Crippen LogP contribution in [0.2, 0.25) is 0 Å². The van der Waals surface area contributed by atoms with E-state index in [2.05, 4.69) is 5.32 Å². The zero-order chi connectivity index (χ0) is 14.8. The summed E-state index contributed by atoms with van der Waals surface area (Å²) < 4.78 is 32.4. The van der Waals surface area contributed by atoms with E-state index in [9.17, 15) is 8.42 Å². The molecule has 1 aromatic heterocycles. The number of ether oxygens (including phenoxy) is 1. The molecule has 114 valence electrons. The van der Waals surface area contributed by atoms with Crippen molar-refractivity contribution in [3.8, 4) is 0 Å². The monoisotopic (exact) mass is 318 g/mol. The van der Waals surface area contributed by atoms with Crippen LogP contribution in [0.4, 0.5) is 0 Å². The summed E-state index contributed by atoms with van der Waals surface area (Å²) in [4.78, 5) is 1.04. The van der Waals surface area contributed by atoms with Gasteiger partial charge in [0.15, 0.2) is 0 Å². The lowest BCUT2D eigenvalue weighted by atomic mass is 10.1. The molecule has 1 aliphatic heterocycles. The maximum atomic E-state index is 12.6. The summed E-state index contributed by atoms with van der Waals surface area (Å²) in [6.45, 7) is 6.41. The van der Waals surface area contributed by atoms with Crippen LogP contribution in [0.15, 0.2) is 10.3 Å². The van der Waals surface area contributed by atoms with Gasteiger partial charge in [0.05, 0.1) is 0 Å². The Hall–Kier alpha value is -0.470. The first-order valence-electron chi connectivity index (χ1n) is 6.83. The first-order chi connectivity index (χ1) is 9.50. The van der Waals surface area contributed by atoms with Crippen LogP contribution < -0.4 is 5.32 Å². The number of hydrogen-bond donors (Lipinski definition) is 1. The van der Waals surface area contributed by atoms with Crippen molar-refractivity contribution in [3.63, 3.8) is 0 Å². The summed E-state index contributed by atoms with van der Waals surface area (Å²) in [7, 11) is -1.71. The van der Waals surface area contributed by atoms with E-state index in [-0.39, 0.29) is 6.04 Å². The van der Waals surface area contributed by atoms with Crippen molar-refractivity contribution in [2.24, 2.45) is 0 Å². The number of thiophene rings is 1. The van der Waals surface area contributed by atoms with Crippen LogP contribution in [0.5, 0.6) is 0 Å². The maximum absolute atomic E-state index is 12.6. The van der Waals surface area contributed by atoms with E-state index >= 15 is 0 Å². The van der Waals surface area contributed by atoms with Gasteiger partial charge >= 0.3 is 0 Å². The van der Waals surface area contributed by atoms with Crippen LogP contribution in [-0.2, 0) is 14.8 Å². The summed E-state index contributed by atoms with van der Waals surface area (Å²) in [5.74, 6) is 0. The van der Waals surface area contributed by atoms with Crippen molar-refractivity contribution >= 4 is 21.4 Å². The normalized spacial score (nSPS) is 21.9. The zero-order valence-corrected chi connectivity index (χ0v) is 13.8. The van der Waals surface area contributed by atoms with E-state index in [1.165, 1.54) is 11.3 Å². The minimum absolute atomic E-state index is 0.0889. The van der Waals surface area contributed by atoms with E-state index in [4.69, 9.17) is 4.74 Å². The van der Waals surface area contributed by atoms with E-state index in [1.807, 2.05) is 19.9 Å². The van der Waals surface area contributed by atoms with Gasteiger partial charge in [0.2, 0.25) is 0 Å². The fraction of sp³-hybridized carbons (Fsp3) is 0.692. The number of rotatable bonds is 6. The molecular weight excluding hydrogens is 296 g/mol. The lowest BCUT2D eigenvalue weighted by Gasteiger charge is -2.32. The summed E-state index contributed by atoms with van der Waals surface area (Å²) in [5, 5.41) is 3.38. The van der Waals surface area contributed by atoms with Crippen molar-refractivity contribution < 1.29 is 13.2 Å². The Bertz CT molecular complexity index is 554. The smallest absolute Gasteiger partial charge is 0.252 e. The lowest BCUT2D eigenvalue weighted by molar-refractivity contribution is 0.185. The molecule has 0 unspecified atom stereocenters. The van der Waals surface area contributed by atoms with Gasteiger partial charge in [-0.2, -0.15) is 4.31 Å². The summed E-state index contributed by atoms with van der Waals surface area (Å²) in [6.07, 6.45) is 0.717. The molecule has 7 heteroatoms. The van der Waals surface area contributed by atoms with Gasteiger partial charge in [-0.25, -0.2) is 8.42 Å². The third kappa shape index (κ3) is 3.07. The van der Waals surface area contributed by atoms with E-state index in [0.29, 0.717) is 30.3 Å². The Morgan fingerprint density at radius 1 is 1.55 bits per heavy atom. The number of nitrogens with one attached hydrogen (secondary N) is 1. The van der Waals surface area contributed by atoms with Crippen LogP contribution in [0.3, 0.4) is 0 Å². The number of methoxy groups -OCH3 is 1. The SMILES string of the molecule is CCN[C@H]1CN(CCCOC)S(=O)(=O)c2sc(C)cc21. The molecule has 1 aromatic rings. The minimum atomic E-state index is -3.34. The van der Waals surface area contributed by atoms with Crippen molar-refractivity contribution in [2.45, 2.75) is 30.5 Å². The molecule has 0 saturated carbocycles. The third-order valence-corrected chi connectivity index (χ3v) is 6.85. The van der Waals surface area contributed by atoms with Crippen LogP contribution in [-0.4, -0.2) is 46.1 Å². The van der Waals surface area contributed by atoms with Crippen molar-refractivity contribution in [1.29, 1.82) is 0 Å². The molecule has 0 spiro atoms. The highest BCUT2D eigenvalue weighted by Gasteiger charge is 2.37. The zero-order valence-electron chi connectivity index (χ0n) is 12.2. The average Bonchev–Trinajstić information content (AvgIpc) is 2.78. The molecule has 20 heavy (non-hydrogen) atoms. The molecular formula is C13H22N2O3S2. The summed E-state index contributed by atoms with van der Waals surface area (Å²) >= 11 is 1.37. The summed E-state index contributed by atoms with van der Waals surface area (Å²) in [6, 6.07) is 2.09. The van der Waals surface area contributed by atoms with E-state index in [1.54, 1.807) is 11.4 Å². The molecule has 0 amide bonds. The fourth-order valence-corrected chi connectivity index (χ4v) is 5.87. The number of aryl methyl sites for hydroxylation is 1. The van der Waals surface area contributed by atoms with Crippen molar-refractivity contribution in [3.05, 3.63) is 16.5 Å². The Balaban J connectivity index is 2.30. The van der Waals surface area contributed by atoms with Gasteiger partial charge in [0.1, 0.15) is 4.21 Å². The van der Waals surface area contributed by atoms with Gasteiger partial charge in [-0.05, 0) is 26.0 Å². The molecule has 0 aromatic carbocycles. The van der Waals surface area contributed by atoms with Crippen LogP contribution in [0.1, 0.15) is 29.8 Å². The van der Waals surface area contributed by atoms with Crippen molar-refractivity contribution in [1.82, 2.24) is 9.62 Å². The highest BCUT2D eigenvalue weighted by atomic mass is 32.2. The molecule has 2 heterocycles. The van der Waals surface area contributed by atoms with Crippen LogP contribution in [0, 0.1) is 6.92 Å². The number of nitrogens with zero attached hydrogens (tertiary/aromatic N) is 1. The van der Waals surface area contributed by atoms with E-state index in [0.717, 1.165) is 17.0 Å². The van der Waals surface area contributed by atoms with Gasteiger partial charge in [-0.15, -0.1) is 11.3 Å². The minimum Gasteiger partial charge on any atom is -0.385 e. The largest absolute Gasteiger partial charge is 0.385 e. The van der Waals surface area contributed by atoms with Gasteiger partial charge in [0, 0.05) is 43.3 Å². The molecule has 0 radical (unpaired) electrons. The first-order valence-corrected chi connectivity index (χ1v) is 9.09. The molecule has 0 saturated heterocycles. The van der Waals surface area contributed by atoms with Gasteiger partial charge in [-0.1, -0.05) is 6.92 Å². The number of fused-ring (bicyclic) bond motifs is 1. The Morgan fingerprint density at radius 2 is 2.30 bits per heavy atom. The molecule has 5 nitrogen and oxygen atoms in total. The highest BCUT2D eigenvalue weighted by Crippen LogP contribution is 2.38. The molecule has 2 rings (SSSR count). The number of sulfonamides is 1. The molecule has 0 bridgehead atoms. The summed E-state index contributed by atoms with van der Waals surface area (Å²) in [5.41, 5.74) is 0.928. The van der Waals surface area contributed by atoms with Crippen molar-refractivity contribution in [2.75, 3.05) is 33.4 Å². The Labute approximate surface area is 125 Å². The average molecular weight is 318 g/mol. The molecule has 0 fully saturated rings. The molecule has 1 atom stereocenters. The lowest BCUT2D eigenvalue weighted by Crippen LogP contribution is -2.43. The van der Waals surface area contributed by atoms with E-state index < -0.39 is 10.0 Å². The fourth-order valence-electron chi connectivity index (χ4n) is 2.49. The second-order valence-electron chi connectivity index (χ2n) is 4.92. The van der Waals surface area contributed by atoms with Crippen LogP contribution >= 0.6 is 11.3 Å². The molecule has 0 aliphatic carbocycles. The maximum Gasteiger partial charge on any atom is 0.252 e. The van der Waals surface area contributed by atoms with Gasteiger partial charge < -0.3 is 10.1 Å². The van der Waals surface area contributed by atoms with Crippen LogP contribution in [0.25, 0.3) is 0 Å². The van der Waals surface area contributed by atoms with Gasteiger partial charge in [-0.3, -0.25) is 0 Å². The standard InChI is InChI=1S/C13H22N2O3S2/c1-4-14-12-9-15(6-5-7-18-3)20(16,17)13-11(12)8-10(2)19-13/h8,12,14H,4-7,9H2,1-3H3/t12-/m0/s1. The second kappa shape index (κ2) is 6.53. The molecule has 1 aliphatic rings. The predicted molar refractivity (Wildman–Crippen MR) is 80.7 cm³/mol.